The quantitative estimate of drug-likeness (QED) is 0.675. The molecule has 0 atom stereocenters. The van der Waals surface area contributed by atoms with Crippen molar-refractivity contribution in [3.63, 3.8) is 0 Å². The van der Waals surface area contributed by atoms with Gasteiger partial charge in [0.2, 0.25) is 5.91 Å². The van der Waals surface area contributed by atoms with Gasteiger partial charge in [0.25, 0.3) is 0 Å². The Morgan fingerprint density at radius 2 is 2.12 bits per heavy atom. The average molecular weight is 342 g/mol. The Hall–Kier alpha value is -2.67. The van der Waals surface area contributed by atoms with Crippen molar-refractivity contribution in [3.05, 3.63) is 58.8 Å². The molecule has 0 fully saturated rings. The van der Waals surface area contributed by atoms with E-state index in [1.165, 1.54) is 5.56 Å². The first-order valence-electron chi connectivity index (χ1n) is 7.65. The number of hydrogen-bond donors (Lipinski definition) is 2. The number of carbonyl (C=O) groups excluding carboxylic acids is 1. The number of aryl methyl sites for hydroxylation is 1. The van der Waals surface area contributed by atoms with Gasteiger partial charge in [-0.3, -0.25) is 14.5 Å². The Bertz CT molecular complexity index is 863. The van der Waals surface area contributed by atoms with Crippen LogP contribution in [-0.2, 0) is 17.9 Å². The van der Waals surface area contributed by atoms with Crippen molar-refractivity contribution in [1.29, 1.82) is 0 Å². The molecule has 3 aromatic rings. The third-order valence-corrected chi connectivity index (χ3v) is 3.98. The van der Waals surface area contributed by atoms with Gasteiger partial charge in [-0.15, -0.1) is 0 Å². The summed E-state index contributed by atoms with van der Waals surface area (Å²) in [5.41, 5.74) is 2.14. The first-order valence-corrected chi connectivity index (χ1v) is 8.05. The molecule has 7 heteroatoms. The van der Waals surface area contributed by atoms with Gasteiger partial charge in [-0.25, -0.2) is 0 Å². The lowest BCUT2D eigenvalue weighted by molar-refractivity contribution is -0.121. The Morgan fingerprint density at radius 3 is 2.83 bits per heavy atom. The van der Waals surface area contributed by atoms with Gasteiger partial charge in [0, 0.05) is 18.5 Å². The maximum atomic E-state index is 12.0. The first kappa shape index (κ1) is 16.2. The van der Waals surface area contributed by atoms with Crippen molar-refractivity contribution >= 4 is 18.1 Å². The van der Waals surface area contributed by atoms with Crippen LogP contribution in [0, 0.1) is 11.7 Å². The first-order chi connectivity index (χ1) is 11.6. The number of aromatic amines is 1. The van der Waals surface area contributed by atoms with Crippen LogP contribution in [0.15, 0.2) is 47.1 Å². The van der Waals surface area contributed by atoms with E-state index in [9.17, 15) is 4.79 Å². The van der Waals surface area contributed by atoms with Gasteiger partial charge in [0.15, 0.2) is 10.6 Å². The van der Waals surface area contributed by atoms with Crippen molar-refractivity contribution in [3.8, 4) is 11.4 Å². The zero-order valence-corrected chi connectivity index (χ0v) is 14.1. The van der Waals surface area contributed by atoms with E-state index >= 15 is 0 Å². The normalized spacial score (nSPS) is 10.7. The summed E-state index contributed by atoms with van der Waals surface area (Å²) in [6.07, 6.45) is 1.90. The molecule has 1 amide bonds. The molecule has 0 aliphatic rings. The highest BCUT2D eigenvalue weighted by molar-refractivity contribution is 7.71. The second-order valence-electron chi connectivity index (χ2n) is 5.48. The van der Waals surface area contributed by atoms with Crippen molar-refractivity contribution in [2.75, 3.05) is 0 Å². The molecule has 124 valence electrons. The standard InChI is InChI=1S/C17H18N4O2S/c1-12-4-6-13(7-5-12)16-19-20-17(24)21(16)9-8-15(22)18-11-14-3-2-10-23-14/h2-7,10H,8-9,11H2,1H3,(H,18,22)(H,20,24). The Labute approximate surface area is 144 Å². The molecule has 0 radical (unpaired) electrons. The van der Waals surface area contributed by atoms with Crippen LogP contribution in [0.3, 0.4) is 0 Å². The van der Waals surface area contributed by atoms with Gasteiger partial charge in [0.05, 0.1) is 12.8 Å². The number of benzene rings is 1. The second kappa shape index (κ2) is 7.27. The highest BCUT2D eigenvalue weighted by Gasteiger charge is 2.10. The predicted octanol–water partition coefficient (Wildman–Crippen LogP) is 3.22. The molecule has 24 heavy (non-hydrogen) atoms. The van der Waals surface area contributed by atoms with Crippen LogP contribution in [0.5, 0.6) is 0 Å². The molecule has 0 unspecified atom stereocenters. The zero-order chi connectivity index (χ0) is 16.9. The minimum absolute atomic E-state index is 0.0654. The van der Waals surface area contributed by atoms with Gasteiger partial charge < -0.3 is 9.73 Å². The van der Waals surface area contributed by atoms with E-state index in [0.717, 1.165) is 17.1 Å². The van der Waals surface area contributed by atoms with Crippen LogP contribution in [0.25, 0.3) is 11.4 Å². The molecule has 2 heterocycles. The van der Waals surface area contributed by atoms with Gasteiger partial charge in [-0.05, 0) is 31.3 Å². The van der Waals surface area contributed by atoms with Gasteiger partial charge in [-0.1, -0.05) is 29.8 Å². The molecule has 0 saturated carbocycles. The average Bonchev–Trinajstić information content (AvgIpc) is 3.22. The van der Waals surface area contributed by atoms with E-state index in [4.69, 9.17) is 16.6 Å². The number of amides is 1. The van der Waals surface area contributed by atoms with Crippen LogP contribution in [0.1, 0.15) is 17.7 Å². The lowest BCUT2D eigenvalue weighted by Gasteiger charge is -2.07. The summed E-state index contributed by atoms with van der Waals surface area (Å²) < 4.78 is 7.53. The maximum absolute atomic E-state index is 12.0. The summed E-state index contributed by atoms with van der Waals surface area (Å²) in [5, 5.41) is 9.90. The number of aromatic nitrogens is 3. The monoisotopic (exact) mass is 342 g/mol. The molecular weight excluding hydrogens is 324 g/mol. The lowest BCUT2D eigenvalue weighted by atomic mass is 10.1. The Balaban J connectivity index is 1.65. The van der Waals surface area contributed by atoms with Crippen molar-refractivity contribution in [2.24, 2.45) is 0 Å². The molecule has 3 rings (SSSR count). The summed E-state index contributed by atoms with van der Waals surface area (Å²) in [4.78, 5) is 12.0. The molecule has 0 saturated heterocycles. The third kappa shape index (κ3) is 3.80. The highest BCUT2D eigenvalue weighted by Crippen LogP contribution is 2.18. The number of H-pyrrole nitrogens is 1. The van der Waals surface area contributed by atoms with Crippen molar-refractivity contribution < 1.29 is 9.21 Å². The maximum Gasteiger partial charge on any atom is 0.222 e. The fourth-order valence-electron chi connectivity index (χ4n) is 2.35. The summed E-state index contributed by atoms with van der Waals surface area (Å²) in [6, 6.07) is 11.6. The summed E-state index contributed by atoms with van der Waals surface area (Å²) >= 11 is 5.28. The number of nitrogens with one attached hydrogen (secondary N) is 2. The van der Waals surface area contributed by atoms with Gasteiger partial charge >= 0.3 is 0 Å². The van der Waals surface area contributed by atoms with Gasteiger partial charge in [0.1, 0.15) is 5.76 Å². The smallest absolute Gasteiger partial charge is 0.222 e. The van der Waals surface area contributed by atoms with E-state index in [-0.39, 0.29) is 5.91 Å². The number of hydrogen-bond acceptors (Lipinski definition) is 4. The number of furan rings is 1. The third-order valence-electron chi connectivity index (χ3n) is 3.67. The molecule has 6 nitrogen and oxygen atoms in total. The predicted molar refractivity (Wildman–Crippen MR) is 92.8 cm³/mol. The van der Waals surface area contributed by atoms with Gasteiger partial charge in [-0.2, -0.15) is 5.10 Å². The van der Waals surface area contributed by atoms with E-state index < -0.39 is 0 Å². The van der Waals surface area contributed by atoms with Crippen LogP contribution in [-0.4, -0.2) is 20.7 Å². The topological polar surface area (TPSA) is 75.8 Å². The molecule has 0 bridgehead atoms. The van der Waals surface area contributed by atoms with Crippen molar-refractivity contribution in [1.82, 2.24) is 20.1 Å². The van der Waals surface area contributed by atoms with E-state index in [0.29, 0.717) is 24.3 Å². The minimum atomic E-state index is -0.0654. The zero-order valence-electron chi connectivity index (χ0n) is 13.3. The fourth-order valence-corrected chi connectivity index (χ4v) is 2.57. The molecule has 2 N–H and O–H groups in total. The SMILES string of the molecule is Cc1ccc(-c2n[nH]c(=S)n2CCC(=O)NCc2ccco2)cc1. The largest absolute Gasteiger partial charge is 0.467 e. The van der Waals surface area contributed by atoms with Crippen molar-refractivity contribution in [2.45, 2.75) is 26.4 Å². The van der Waals surface area contributed by atoms with Crippen LogP contribution in [0.2, 0.25) is 0 Å². The molecule has 0 spiro atoms. The second-order valence-corrected chi connectivity index (χ2v) is 5.86. The Kier molecular flexibility index (Phi) is 4.90. The van der Waals surface area contributed by atoms with E-state index in [2.05, 4.69) is 15.5 Å². The highest BCUT2D eigenvalue weighted by atomic mass is 32.1. The van der Waals surface area contributed by atoms with E-state index in [1.54, 1.807) is 12.3 Å². The van der Waals surface area contributed by atoms with Crippen LogP contribution < -0.4 is 5.32 Å². The summed E-state index contributed by atoms with van der Waals surface area (Å²) in [5.74, 6) is 1.40. The fraction of sp³-hybridized carbons (Fsp3) is 0.235. The lowest BCUT2D eigenvalue weighted by Crippen LogP contribution is -2.23. The van der Waals surface area contributed by atoms with Crippen LogP contribution >= 0.6 is 12.2 Å². The Morgan fingerprint density at radius 1 is 1.33 bits per heavy atom. The summed E-state index contributed by atoms with van der Waals surface area (Å²) in [6.45, 7) is 2.88. The molecule has 0 aliphatic heterocycles. The van der Waals surface area contributed by atoms with E-state index in [1.807, 2.05) is 41.8 Å². The number of carbonyl (C=O) groups is 1. The molecule has 0 aliphatic carbocycles. The molecule has 1 aromatic carbocycles. The summed E-state index contributed by atoms with van der Waals surface area (Å²) in [7, 11) is 0. The minimum Gasteiger partial charge on any atom is -0.467 e. The van der Waals surface area contributed by atoms with Crippen LogP contribution in [0.4, 0.5) is 0 Å². The number of rotatable bonds is 6. The molecular formula is C17H18N4O2S. The number of nitrogens with zero attached hydrogens (tertiary/aromatic N) is 2. The molecule has 2 aromatic heterocycles.